The van der Waals surface area contributed by atoms with Crippen LogP contribution >= 0.6 is 0 Å². The number of rotatable bonds is 6. The summed E-state index contributed by atoms with van der Waals surface area (Å²) < 4.78 is 0. The molecule has 0 saturated heterocycles. The monoisotopic (exact) mass is 299 g/mol. The van der Waals surface area contributed by atoms with Crippen molar-refractivity contribution in [1.82, 2.24) is 5.32 Å². The van der Waals surface area contributed by atoms with E-state index in [0.29, 0.717) is 16.7 Å². The van der Waals surface area contributed by atoms with E-state index in [2.05, 4.69) is 66.9 Å². The molecule has 1 N–H and O–H groups in total. The molecule has 0 aliphatic rings. The Morgan fingerprint density at radius 1 is 1.11 bits per heavy atom. The Morgan fingerprint density at radius 3 is 1.84 bits per heavy atom. The Balaban J connectivity index is 5.16. The minimum Gasteiger partial charge on any atom is -0.310 e. The van der Waals surface area contributed by atoms with Crippen molar-refractivity contribution in [3.63, 3.8) is 0 Å². The van der Waals surface area contributed by atoms with E-state index in [-0.39, 0.29) is 0 Å². The molecule has 0 rings (SSSR count). The van der Waals surface area contributed by atoms with Crippen LogP contribution in [0.2, 0.25) is 18.1 Å². The molecule has 0 radical (unpaired) electrons. The van der Waals surface area contributed by atoms with E-state index >= 15 is 0 Å². The number of hydrogen-bond donors (Lipinski definition) is 1. The van der Waals surface area contributed by atoms with Crippen molar-refractivity contribution >= 4 is 18.3 Å². The molecule has 0 fully saturated rings. The van der Waals surface area contributed by atoms with Crippen LogP contribution < -0.4 is 5.32 Å². The minimum atomic E-state index is -1.32. The predicted molar refractivity (Wildman–Crippen MR) is 96.8 cm³/mol. The predicted octanol–water partition coefficient (Wildman–Crippen LogP) is 3.84. The molecule has 0 bridgehead atoms. The fourth-order valence-electron chi connectivity index (χ4n) is 2.50. The largest absolute Gasteiger partial charge is 0.310 e. The van der Waals surface area contributed by atoms with Gasteiger partial charge in [0.1, 0.15) is 0 Å². The topological polar surface area (TPSA) is 12.0 Å². The third-order valence-electron chi connectivity index (χ3n) is 5.33. The van der Waals surface area contributed by atoms with Gasteiger partial charge in [0.2, 0.25) is 0 Å². The van der Waals surface area contributed by atoms with Crippen molar-refractivity contribution in [2.24, 2.45) is 0 Å². The summed E-state index contributed by atoms with van der Waals surface area (Å²) in [6.45, 7) is 21.6. The summed E-state index contributed by atoms with van der Waals surface area (Å²) in [4.78, 5) is 0. The van der Waals surface area contributed by atoms with Crippen molar-refractivity contribution in [3.05, 3.63) is 10.8 Å². The van der Waals surface area contributed by atoms with E-state index in [1.807, 2.05) is 0 Å². The molecule has 0 amide bonds. The summed E-state index contributed by atoms with van der Waals surface area (Å²) in [5.41, 5.74) is 2.29. The lowest BCUT2D eigenvalue weighted by molar-refractivity contribution is 0.493. The molecule has 1 nitrogen and oxygen atoms in total. The lowest BCUT2D eigenvalue weighted by Gasteiger charge is -2.45. The van der Waals surface area contributed by atoms with Crippen molar-refractivity contribution in [3.8, 4) is 0 Å². The van der Waals surface area contributed by atoms with Gasteiger partial charge in [0.15, 0.2) is 0 Å². The van der Waals surface area contributed by atoms with Crippen LogP contribution in [0.5, 0.6) is 0 Å². The molecule has 0 aromatic carbocycles. The Bertz CT molecular complexity index is 309. The zero-order valence-electron chi connectivity index (χ0n) is 15.1. The molecule has 3 heteroatoms. The van der Waals surface area contributed by atoms with Crippen LogP contribution in [0, 0.1) is 0 Å². The summed E-state index contributed by atoms with van der Waals surface area (Å²) in [7, 11) is -0.128. The van der Waals surface area contributed by atoms with Crippen molar-refractivity contribution in [2.75, 3.05) is 0 Å². The molecule has 2 unspecified atom stereocenters. The van der Waals surface area contributed by atoms with Crippen LogP contribution in [-0.2, 0) is 0 Å². The maximum absolute atomic E-state index is 4.01. The van der Waals surface area contributed by atoms with Gasteiger partial charge < -0.3 is 5.32 Å². The molecule has 0 spiro atoms. The lowest BCUT2D eigenvalue weighted by atomic mass is 10.1. The highest BCUT2D eigenvalue weighted by molar-refractivity contribution is 6.81. The number of nitrogens with one attached hydrogen (secondary N) is 1. The second-order valence-electron chi connectivity index (χ2n) is 7.74. The first-order valence-electron chi connectivity index (χ1n) is 7.89. The normalized spacial score (nSPS) is 18.2. The van der Waals surface area contributed by atoms with E-state index < -0.39 is 8.07 Å². The average Bonchev–Trinajstić information content (AvgIpc) is 2.27. The molecule has 0 aromatic rings. The molecule has 0 aromatic heterocycles. The van der Waals surface area contributed by atoms with Crippen molar-refractivity contribution in [1.29, 1.82) is 0 Å². The zero-order chi connectivity index (χ0) is 15.4. The first kappa shape index (κ1) is 19.1. The van der Waals surface area contributed by atoms with Crippen LogP contribution in [-0.4, -0.2) is 30.0 Å². The molecule has 114 valence electrons. The number of allylic oxidation sites excluding steroid dienone is 1. The van der Waals surface area contributed by atoms with Crippen LogP contribution in [0.1, 0.15) is 61.3 Å². The number of hydrogen-bond acceptors (Lipinski definition) is 1. The Kier molecular flexibility index (Phi) is 7.28. The van der Waals surface area contributed by atoms with Gasteiger partial charge in [0.25, 0.3) is 0 Å². The zero-order valence-corrected chi connectivity index (χ0v) is 18.1. The van der Waals surface area contributed by atoms with Crippen LogP contribution in [0.3, 0.4) is 0 Å². The summed E-state index contributed by atoms with van der Waals surface area (Å²) >= 11 is 0. The summed E-state index contributed by atoms with van der Waals surface area (Å²) in [6, 6.07) is 0.580. The Labute approximate surface area is 126 Å². The highest BCUT2D eigenvalue weighted by Crippen LogP contribution is 2.39. The molecule has 0 saturated carbocycles. The van der Waals surface area contributed by atoms with Gasteiger partial charge in [-0.3, -0.25) is 0 Å². The van der Waals surface area contributed by atoms with Gasteiger partial charge in [0, 0.05) is 21.9 Å². The molecular weight excluding hydrogens is 262 g/mol. The Morgan fingerprint density at radius 2 is 1.58 bits per heavy atom. The van der Waals surface area contributed by atoms with Crippen LogP contribution in [0.15, 0.2) is 10.8 Å². The second kappa shape index (κ2) is 7.23. The summed E-state index contributed by atoms with van der Waals surface area (Å²) in [5.74, 6) is 0. The standard InChI is InChI=1S/C16H37NSi2/c1-10-14(12(3)13(4)18)17-15(11-2)19(8,9)16(5,6)7/h14-15,17H,10-11H2,1-9,18H3. The molecule has 2 atom stereocenters. The van der Waals surface area contributed by atoms with Crippen molar-refractivity contribution in [2.45, 2.75) is 91.1 Å². The van der Waals surface area contributed by atoms with Gasteiger partial charge in [-0.25, -0.2) is 0 Å². The second-order valence-corrected chi connectivity index (χ2v) is 14.9. The van der Waals surface area contributed by atoms with Gasteiger partial charge in [-0.05, 0) is 31.7 Å². The third-order valence-corrected chi connectivity index (χ3v) is 12.3. The molecule has 0 heterocycles. The van der Waals surface area contributed by atoms with Crippen LogP contribution in [0.4, 0.5) is 0 Å². The molecule has 19 heavy (non-hydrogen) atoms. The maximum Gasteiger partial charge on any atom is 0.0718 e. The quantitative estimate of drug-likeness (QED) is 0.735. The first-order chi connectivity index (χ1) is 8.48. The summed E-state index contributed by atoms with van der Waals surface area (Å²) in [6.07, 6.45) is 2.46. The molecular formula is C16H37NSi2. The first-order valence-corrected chi connectivity index (χ1v) is 12.0. The van der Waals surface area contributed by atoms with Crippen molar-refractivity contribution < 1.29 is 0 Å². The van der Waals surface area contributed by atoms with E-state index in [4.69, 9.17) is 0 Å². The highest BCUT2D eigenvalue weighted by atomic mass is 28.3. The van der Waals surface area contributed by atoms with Crippen LogP contribution in [0.25, 0.3) is 0 Å². The van der Waals surface area contributed by atoms with E-state index in [1.165, 1.54) is 23.1 Å². The third kappa shape index (κ3) is 4.87. The Hall–Kier alpha value is 0.134. The van der Waals surface area contributed by atoms with E-state index in [0.717, 1.165) is 0 Å². The fourth-order valence-corrected chi connectivity index (χ4v) is 5.53. The van der Waals surface area contributed by atoms with Gasteiger partial charge in [0.05, 0.1) is 8.07 Å². The molecule has 0 aliphatic heterocycles. The molecule has 0 aliphatic carbocycles. The average molecular weight is 300 g/mol. The van der Waals surface area contributed by atoms with Gasteiger partial charge in [-0.15, -0.1) is 0 Å². The van der Waals surface area contributed by atoms with Gasteiger partial charge >= 0.3 is 0 Å². The maximum atomic E-state index is 4.01. The lowest BCUT2D eigenvalue weighted by Crippen LogP contribution is -2.58. The van der Waals surface area contributed by atoms with Gasteiger partial charge in [-0.2, -0.15) is 0 Å². The minimum absolute atomic E-state index is 0.451. The highest BCUT2D eigenvalue weighted by Gasteiger charge is 2.41. The van der Waals surface area contributed by atoms with E-state index in [1.54, 1.807) is 10.8 Å². The smallest absolute Gasteiger partial charge is 0.0718 e. The summed E-state index contributed by atoms with van der Waals surface area (Å²) in [5, 5.41) is 6.06. The van der Waals surface area contributed by atoms with E-state index in [9.17, 15) is 0 Å². The fraction of sp³-hybridized carbons (Fsp3) is 0.875. The van der Waals surface area contributed by atoms with Gasteiger partial charge in [-0.1, -0.05) is 58.5 Å². The SMILES string of the molecule is CCC(NC(CC)[Si](C)(C)C(C)(C)C)C(C)=C(C)[SiH3].